The van der Waals surface area contributed by atoms with Crippen LogP contribution < -0.4 is 5.73 Å². The normalized spacial score (nSPS) is 15.8. The summed E-state index contributed by atoms with van der Waals surface area (Å²) >= 11 is 0. The Morgan fingerprint density at radius 1 is 1.24 bits per heavy atom. The minimum Gasteiger partial charge on any atom is -0.382 e. The molecule has 0 unspecified atom stereocenters. The molecular weight excluding hydrogens is 212 g/mol. The minimum atomic E-state index is 0.522. The van der Waals surface area contributed by atoms with E-state index in [4.69, 9.17) is 5.73 Å². The number of nitrogens with two attached hydrogens (primary N) is 1. The number of aryl methyl sites for hydroxylation is 1. The van der Waals surface area contributed by atoms with E-state index in [2.05, 4.69) is 29.4 Å². The van der Waals surface area contributed by atoms with E-state index >= 15 is 0 Å². The molecule has 1 saturated carbocycles. The predicted molar refractivity (Wildman–Crippen MR) is 67.1 cm³/mol. The summed E-state index contributed by atoms with van der Waals surface area (Å²) in [7, 11) is 0. The summed E-state index contributed by atoms with van der Waals surface area (Å²) < 4.78 is 1.73. The van der Waals surface area contributed by atoms with Gasteiger partial charge in [-0.3, -0.25) is 0 Å². The van der Waals surface area contributed by atoms with Crippen LogP contribution in [0.25, 0.3) is 5.69 Å². The molecule has 2 N–H and O–H groups in total. The maximum absolute atomic E-state index is 6.12. The number of nitrogen functional groups attached to an aromatic ring is 1. The minimum absolute atomic E-state index is 0.522. The molecule has 1 aromatic heterocycles. The van der Waals surface area contributed by atoms with Gasteiger partial charge in [-0.15, -0.1) is 5.10 Å². The molecule has 0 spiro atoms. The Balaban J connectivity index is 1.97. The highest BCUT2D eigenvalue weighted by atomic mass is 15.5. The molecule has 1 aromatic carbocycles. The van der Waals surface area contributed by atoms with E-state index in [9.17, 15) is 0 Å². The number of benzene rings is 1. The van der Waals surface area contributed by atoms with Crippen LogP contribution in [0.3, 0.4) is 0 Å². The van der Waals surface area contributed by atoms with Crippen molar-refractivity contribution in [2.75, 3.05) is 5.73 Å². The number of aromatic nitrogens is 3. The van der Waals surface area contributed by atoms with Crippen LogP contribution in [0.1, 0.15) is 36.4 Å². The Labute approximate surface area is 100 Å². The van der Waals surface area contributed by atoms with Crippen LogP contribution in [0.15, 0.2) is 24.3 Å². The van der Waals surface area contributed by atoms with Gasteiger partial charge in [-0.2, -0.15) is 4.68 Å². The molecule has 1 aliphatic carbocycles. The lowest BCUT2D eigenvalue weighted by Crippen LogP contribution is -2.12. The third-order valence-corrected chi connectivity index (χ3v) is 3.50. The number of nitrogens with zero attached hydrogens (tertiary/aromatic N) is 3. The Kier molecular flexibility index (Phi) is 2.35. The van der Waals surface area contributed by atoms with Gasteiger partial charge < -0.3 is 5.73 Å². The van der Waals surface area contributed by atoms with Crippen molar-refractivity contribution in [2.45, 2.75) is 32.1 Å². The second kappa shape index (κ2) is 3.87. The summed E-state index contributed by atoms with van der Waals surface area (Å²) in [5.74, 6) is 1.22. The van der Waals surface area contributed by atoms with Crippen molar-refractivity contribution < 1.29 is 0 Å². The van der Waals surface area contributed by atoms with E-state index in [1.165, 1.54) is 24.8 Å². The standard InChI is InChI=1S/C13H16N4/c1-9-5-7-11(8-6-9)17-13(14)12(15-16-17)10-3-2-4-10/h5-8,10H,2-4,14H2,1H3. The number of anilines is 1. The fourth-order valence-corrected chi connectivity index (χ4v) is 2.15. The fraction of sp³-hybridized carbons (Fsp3) is 0.385. The molecule has 0 amide bonds. The smallest absolute Gasteiger partial charge is 0.151 e. The van der Waals surface area contributed by atoms with E-state index in [-0.39, 0.29) is 0 Å². The van der Waals surface area contributed by atoms with Crippen molar-refractivity contribution >= 4 is 5.82 Å². The third-order valence-electron chi connectivity index (χ3n) is 3.50. The largest absolute Gasteiger partial charge is 0.382 e. The maximum Gasteiger partial charge on any atom is 0.151 e. The van der Waals surface area contributed by atoms with Gasteiger partial charge in [0, 0.05) is 5.92 Å². The highest BCUT2D eigenvalue weighted by molar-refractivity contribution is 5.46. The zero-order chi connectivity index (χ0) is 11.8. The molecule has 3 rings (SSSR count). The summed E-state index contributed by atoms with van der Waals surface area (Å²) in [6.45, 7) is 2.06. The van der Waals surface area contributed by atoms with Crippen LogP contribution in [-0.4, -0.2) is 15.0 Å². The Hall–Kier alpha value is -1.84. The Morgan fingerprint density at radius 2 is 1.94 bits per heavy atom. The van der Waals surface area contributed by atoms with Gasteiger partial charge in [-0.05, 0) is 31.9 Å². The first-order chi connectivity index (χ1) is 8.25. The highest BCUT2D eigenvalue weighted by Crippen LogP contribution is 2.37. The van der Waals surface area contributed by atoms with Crippen LogP contribution in [0.2, 0.25) is 0 Å². The van der Waals surface area contributed by atoms with E-state index in [0.29, 0.717) is 11.7 Å². The summed E-state index contributed by atoms with van der Waals surface area (Å²) in [6, 6.07) is 8.15. The molecule has 4 heteroatoms. The lowest BCUT2D eigenvalue weighted by atomic mass is 9.83. The SMILES string of the molecule is Cc1ccc(-n2nnc(C3CCC3)c2N)cc1. The number of rotatable bonds is 2. The highest BCUT2D eigenvalue weighted by Gasteiger charge is 2.26. The van der Waals surface area contributed by atoms with Crippen LogP contribution in [-0.2, 0) is 0 Å². The molecule has 4 nitrogen and oxygen atoms in total. The van der Waals surface area contributed by atoms with Crippen molar-refractivity contribution in [2.24, 2.45) is 0 Å². The van der Waals surface area contributed by atoms with Gasteiger partial charge in [0.25, 0.3) is 0 Å². The summed E-state index contributed by atoms with van der Waals surface area (Å²) in [6.07, 6.45) is 3.66. The van der Waals surface area contributed by atoms with E-state index < -0.39 is 0 Å². The predicted octanol–water partition coefficient (Wildman–Crippen LogP) is 2.43. The number of hydrogen-bond donors (Lipinski definition) is 1. The maximum atomic E-state index is 6.12. The molecule has 17 heavy (non-hydrogen) atoms. The monoisotopic (exact) mass is 228 g/mol. The van der Waals surface area contributed by atoms with Gasteiger partial charge in [0.1, 0.15) is 5.69 Å². The van der Waals surface area contributed by atoms with Crippen molar-refractivity contribution in [3.8, 4) is 5.69 Å². The van der Waals surface area contributed by atoms with Gasteiger partial charge in [-0.1, -0.05) is 29.3 Å². The first-order valence-corrected chi connectivity index (χ1v) is 6.04. The third kappa shape index (κ3) is 1.69. The first kappa shape index (κ1) is 10.3. The molecule has 2 aromatic rings. The zero-order valence-electron chi connectivity index (χ0n) is 9.93. The molecule has 1 heterocycles. The average molecular weight is 228 g/mol. The van der Waals surface area contributed by atoms with Crippen molar-refractivity contribution in [1.29, 1.82) is 0 Å². The molecule has 0 saturated heterocycles. The zero-order valence-corrected chi connectivity index (χ0v) is 9.93. The van der Waals surface area contributed by atoms with E-state index in [0.717, 1.165) is 11.4 Å². The summed E-state index contributed by atoms with van der Waals surface area (Å²) in [4.78, 5) is 0. The van der Waals surface area contributed by atoms with E-state index in [1.54, 1.807) is 4.68 Å². The van der Waals surface area contributed by atoms with Crippen molar-refractivity contribution in [1.82, 2.24) is 15.0 Å². The van der Waals surface area contributed by atoms with Crippen LogP contribution >= 0.6 is 0 Å². The van der Waals surface area contributed by atoms with Gasteiger partial charge in [0.05, 0.1) is 5.69 Å². The Morgan fingerprint density at radius 3 is 2.53 bits per heavy atom. The van der Waals surface area contributed by atoms with Crippen LogP contribution in [0.5, 0.6) is 0 Å². The van der Waals surface area contributed by atoms with Gasteiger partial charge >= 0.3 is 0 Å². The molecule has 0 bridgehead atoms. The summed E-state index contributed by atoms with van der Waals surface area (Å²) in [5, 5.41) is 8.38. The van der Waals surface area contributed by atoms with Crippen LogP contribution in [0.4, 0.5) is 5.82 Å². The van der Waals surface area contributed by atoms with Crippen molar-refractivity contribution in [3.05, 3.63) is 35.5 Å². The topological polar surface area (TPSA) is 56.7 Å². The molecule has 88 valence electrons. The molecule has 1 aliphatic rings. The fourth-order valence-electron chi connectivity index (χ4n) is 2.15. The quantitative estimate of drug-likeness (QED) is 0.858. The average Bonchev–Trinajstić information content (AvgIpc) is 2.60. The van der Waals surface area contributed by atoms with Crippen LogP contribution in [0, 0.1) is 6.92 Å². The summed E-state index contributed by atoms with van der Waals surface area (Å²) in [5.41, 5.74) is 9.30. The van der Waals surface area contributed by atoms with Gasteiger partial charge in [0.15, 0.2) is 5.82 Å². The first-order valence-electron chi connectivity index (χ1n) is 6.04. The molecule has 0 radical (unpaired) electrons. The van der Waals surface area contributed by atoms with Crippen molar-refractivity contribution in [3.63, 3.8) is 0 Å². The lowest BCUT2D eigenvalue weighted by molar-refractivity contribution is 0.411. The lowest BCUT2D eigenvalue weighted by Gasteiger charge is -2.23. The molecule has 0 atom stereocenters. The Bertz CT molecular complexity index is 523. The van der Waals surface area contributed by atoms with E-state index in [1.807, 2.05) is 12.1 Å². The van der Waals surface area contributed by atoms with Gasteiger partial charge in [-0.25, -0.2) is 0 Å². The molecular formula is C13H16N4. The second-order valence-electron chi connectivity index (χ2n) is 4.74. The van der Waals surface area contributed by atoms with Gasteiger partial charge in [0.2, 0.25) is 0 Å². The molecule has 0 aliphatic heterocycles. The number of hydrogen-bond acceptors (Lipinski definition) is 3. The molecule has 1 fully saturated rings. The second-order valence-corrected chi connectivity index (χ2v) is 4.74.